The van der Waals surface area contributed by atoms with Crippen molar-refractivity contribution in [1.29, 1.82) is 0 Å². The molecule has 1 aromatic carbocycles. The zero-order valence-corrected chi connectivity index (χ0v) is 14.8. The van der Waals surface area contributed by atoms with Crippen LogP contribution in [0.5, 0.6) is 0 Å². The zero-order valence-electron chi connectivity index (χ0n) is 14.0. The molecule has 0 unspecified atom stereocenters. The maximum Gasteiger partial charge on any atom is 0.265 e. The number of amides is 1. The highest BCUT2D eigenvalue weighted by atomic mass is 32.1. The molecule has 1 aliphatic heterocycles. The Morgan fingerprint density at radius 1 is 1.24 bits per heavy atom. The van der Waals surface area contributed by atoms with Crippen molar-refractivity contribution < 1.29 is 9.18 Å². The Morgan fingerprint density at radius 2 is 2.04 bits per heavy atom. The van der Waals surface area contributed by atoms with Crippen LogP contribution in [0.4, 0.5) is 4.39 Å². The highest BCUT2D eigenvalue weighted by molar-refractivity contribution is 7.19. The van der Waals surface area contributed by atoms with Gasteiger partial charge in [-0.2, -0.15) is 0 Å². The third-order valence-electron chi connectivity index (χ3n) is 4.52. The predicted octanol–water partition coefficient (Wildman–Crippen LogP) is 2.95. The van der Waals surface area contributed by atoms with Crippen molar-refractivity contribution in [3.8, 4) is 11.3 Å². The van der Waals surface area contributed by atoms with E-state index in [1.54, 1.807) is 12.1 Å². The molecule has 25 heavy (non-hydrogen) atoms. The molecule has 5 nitrogen and oxygen atoms in total. The van der Waals surface area contributed by atoms with Gasteiger partial charge in [0.1, 0.15) is 10.7 Å². The van der Waals surface area contributed by atoms with Crippen molar-refractivity contribution in [2.24, 2.45) is 0 Å². The molecule has 1 fully saturated rings. The minimum absolute atomic E-state index is 0.0834. The van der Waals surface area contributed by atoms with E-state index in [1.807, 2.05) is 22.4 Å². The van der Waals surface area contributed by atoms with Gasteiger partial charge in [-0.3, -0.25) is 9.20 Å². The maximum atomic E-state index is 13.1. The quantitative estimate of drug-likeness (QED) is 0.766. The number of aromatic nitrogens is 2. The lowest BCUT2D eigenvalue weighted by molar-refractivity contribution is 0.0770. The van der Waals surface area contributed by atoms with Gasteiger partial charge in [0.15, 0.2) is 4.96 Å². The summed E-state index contributed by atoms with van der Waals surface area (Å²) in [5, 5.41) is 3.31. The average molecular weight is 358 g/mol. The molecule has 0 spiro atoms. The van der Waals surface area contributed by atoms with Crippen molar-refractivity contribution in [3.05, 3.63) is 46.9 Å². The predicted molar refractivity (Wildman–Crippen MR) is 96.6 cm³/mol. The molecule has 0 radical (unpaired) electrons. The van der Waals surface area contributed by atoms with E-state index in [9.17, 15) is 9.18 Å². The van der Waals surface area contributed by atoms with E-state index < -0.39 is 0 Å². The van der Waals surface area contributed by atoms with Crippen molar-refractivity contribution in [3.63, 3.8) is 0 Å². The number of hydrogen-bond acceptors (Lipinski definition) is 4. The first-order valence-corrected chi connectivity index (χ1v) is 9.19. The first-order valence-electron chi connectivity index (χ1n) is 8.38. The van der Waals surface area contributed by atoms with Crippen LogP contribution in [0.1, 0.15) is 21.8 Å². The first kappa shape index (κ1) is 16.2. The Kier molecular flexibility index (Phi) is 4.27. The van der Waals surface area contributed by atoms with E-state index in [0.717, 1.165) is 59.4 Å². The lowest BCUT2D eigenvalue weighted by Crippen LogP contribution is -2.34. The number of nitrogens with one attached hydrogen (secondary N) is 1. The molecule has 0 bridgehead atoms. The summed E-state index contributed by atoms with van der Waals surface area (Å²) >= 11 is 1.42. The number of nitrogens with zero attached hydrogens (tertiary/aromatic N) is 3. The van der Waals surface area contributed by atoms with Crippen molar-refractivity contribution in [2.75, 3.05) is 26.2 Å². The number of benzene rings is 1. The molecule has 0 saturated carbocycles. The number of aryl methyl sites for hydroxylation is 1. The SMILES string of the molecule is Cc1c(C(=O)N2CCCNCC2)sc2nc(-c3ccc(F)cc3)cn12. The summed E-state index contributed by atoms with van der Waals surface area (Å²) < 4.78 is 15.0. The highest BCUT2D eigenvalue weighted by Crippen LogP contribution is 2.28. The van der Waals surface area contributed by atoms with E-state index >= 15 is 0 Å². The maximum absolute atomic E-state index is 13.1. The van der Waals surface area contributed by atoms with Crippen molar-refractivity contribution in [1.82, 2.24) is 19.6 Å². The van der Waals surface area contributed by atoms with Crippen LogP contribution in [-0.4, -0.2) is 46.4 Å². The monoisotopic (exact) mass is 358 g/mol. The molecule has 3 aromatic rings. The molecular weight excluding hydrogens is 339 g/mol. The topological polar surface area (TPSA) is 49.6 Å². The second-order valence-electron chi connectivity index (χ2n) is 6.20. The van der Waals surface area contributed by atoms with Gasteiger partial charge in [0, 0.05) is 37.1 Å². The standard InChI is InChI=1S/C18H19FN4OS/c1-12-16(17(24)22-9-2-7-20-8-10-22)25-18-21-15(11-23(12)18)13-3-5-14(19)6-4-13/h3-6,11,20H,2,7-10H2,1H3. The molecule has 4 rings (SSSR count). The summed E-state index contributed by atoms with van der Waals surface area (Å²) in [5.74, 6) is -0.180. The van der Waals surface area contributed by atoms with Gasteiger partial charge < -0.3 is 10.2 Å². The van der Waals surface area contributed by atoms with Gasteiger partial charge in [-0.25, -0.2) is 9.37 Å². The van der Waals surface area contributed by atoms with Gasteiger partial charge in [-0.05, 0) is 44.2 Å². The van der Waals surface area contributed by atoms with Crippen LogP contribution in [-0.2, 0) is 0 Å². The molecule has 1 N–H and O–H groups in total. The van der Waals surface area contributed by atoms with Crippen molar-refractivity contribution in [2.45, 2.75) is 13.3 Å². The summed E-state index contributed by atoms with van der Waals surface area (Å²) in [5.41, 5.74) is 2.55. The van der Waals surface area contributed by atoms with Gasteiger partial charge in [0.25, 0.3) is 5.91 Å². The number of imidazole rings is 1. The molecule has 3 heterocycles. The first-order chi connectivity index (χ1) is 12.1. The Balaban J connectivity index is 1.65. The Morgan fingerprint density at radius 3 is 2.80 bits per heavy atom. The van der Waals surface area contributed by atoms with Gasteiger partial charge in [0.2, 0.25) is 0 Å². The number of fused-ring (bicyclic) bond motifs is 1. The zero-order chi connectivity index (χ0) is 17.4. The summed E-state index contributed by atoms with van der Waals surface area (Å²) in [4.78, 5) is 20.9. The van der Waals surface area contributed by atoms with Crippen LogP contribution in [0.2, 0.25) is 0 Å². The molecule has 0 aliphatic carbocycles. The fraction of sp³-hybridized carbons (Fsp3) is 0.333. The molecule has 2 aromatic heterocycles. The number of carbonyl (C=O) groups is 1. The van der Waals surface area contributed by atoms with Gasteiger partial charge in [-0.1, -0.05) is 11.3 Å². The lowest BCUT2D eigenvalue weighted by atomic mass is 10.2. The molecule has 1 amide bonds. The summed E-state index contributed by atoms with van der Waals surface area (Å²) in [6, 6.07) is 6.29. The van der Waals surface area contributed by atoms with E-state index in [1.165, 1.54) is 23.5 Å². The molecule has 130 valence electrons. The van der Waals surface area contributed by atoms with Crippen LogP contribution in [0.3, 0.4) is 0 Å². The van der Waals surface area contributed by atoms with Crippen LogP contribution in [0.25, 0.3) is 16.2 Å². The van der Waals surface area contributed by atoms with Crippen LogP contribution in [0, 0.1) is 12.7 Å². The van der Waals surface area contributed by atoms with Crippen LogP contribution >= 0.6 is 11.3 Å². The number of halogens is 1. The third kappa shape index (κ3) is 3.05. The van der Waals surface area contributed by atoms with E-state index in [-0.39, 0.29) is 11.7 Å². The Bertz CT molecular complexity index is 907. The highest BCUT2D eigenvalue weighted by Gasteiger charge is 2.23. The molecule has 1 aliphatic rings. The minimum Gasteiger partial charge on any atom is -0.337 e. The third-order valence-corrected chi connectivity index (χ3v) is 5.66. The van der Waals surface area contributed by atoms with Gasteiger partial charge >= 0.3 is 0 Å². The largest absolute Gasteiger partial charge is 0.337 e. The van der Waals surface area contributed by atoms with Crippen molar-refractivity contribution >= 4 is 22.2 Å². The lowest BCUT2D eigenvalue weighted by Gasteiger charge is -2.19. The number of hydrogen-bond donors (Lipinski definition) is 1. The van der Waals surface area contributed by atoms with Crippen LogP contribution in [0.15, 0.2) is 30.5 Å². The molecule has 7 heteroatoms. The van der Waals surface area contributed by atoms with Crippen LogP contribution < -0.4 is 5.32 Å². The van der Waals surface area contributed by atoms with Gasteiger partial charge in [0.05, 0.1) is 5.69 Å². The van der Waals surface area contributed by atoms with E-state index in [2.05, 4.69) is 10.3 Å². The van der Waals surface area contributed by atoms with E-state index in [4.69, 9.17) is 0 Å². The number of thiazole rings is 1. The second-order valence-corrected chi connectivity index (χ2v) is 7.18. The summed E-state index contributed by atoms with van der Waals surface area (Å²) in [6.07, 6.45) is 2.89. The summed E-state index contributed by atoms with van der Waals surface area (Å²) in [7, 11) is 0. The fourth-order valence-corrected chi connectivity index (χ4v) is 4.18. The fourth-order valence-electron chi connectivity index (χ4n) is 3.10. The molecule has 0 atom stereocenters. The second kappa shape index (κ2) is 6.57. The smallest absolute Gasteiger partial charge is 0.265 e. The minimum atomic E-state index is -0.263. The Labute approximate surface area is 149 Å². The average Bonchev–Trinajstić information content (AvgIpc) is 3.02. The molecule has 1 saturated heterocycles. The molecular formula is C18H19FN4OS. The normalized spacial score (nSPS) is 15.5. The van der Waals surface area contributed by atoms with Gasteiger partial charge in [-0.15, -0.1) is 0 Å². The number of rotatable bonds is 2. The number of carbonyl (C=O) groups excluding carboxylic acids is 1. The Hall–Kier alpha value is -2.25. The van der Waals surface area contributed by atoms with E-state index in [0.29, 0.717) is 0 Å². The summed E-state index contributed by atoms with van der Waals surface area (Å²) in [6.45, 7) is 5.26.